The summed E-state index contributed by atoms with van der Waals surface area (Å²) in [5.41, 5.74) is 1.38. The third-order valence-corrected chi connectivity index (χ3v) is 4.48. The molecular weight excluding hydrogens is 222 g/mol. The molecule has 2 fully saturated rings. The molecule has 2 heteroatoms. The molecule has 1 aromatic rings. The second-order valence-electron chi connectivity index (χ2n) is 5.64. The van der Waals surface area contributed by atoms with Gasteiger partial charge in [0.2, 0.25) is 5.91 Å². The van der Waals surface area contributed by atoms with Gasteiger partial charge in [0.1, 0.15) is 0 Å². The molecule has 0 radical (unpaired) electrons. The topological polar surface area (TPSA) is 20.3 Å². The molecule has 0 N–H and O–H groups in total. The molecule has 1 saturated carbocycles. The van der Waals surface area contributed by atoms with Crippen molar-refractivity contribution in [2.75, 3.05) is 6.54 Å². The number of hydrogen-bond acceptors (Lipinski definition) is 1. The molecule has 1 saturated heterocycles. The zero-order valence-corrected chi connectivity index (χ0v) is 10.8. The van der Waals surface area contributed by atoms with E-state index in [1.807, 2.05) is 0 Å². The van der Waals surface area contributed by atoms with Crippen LogP contribution in [0, 0.1) is 5.92 Å². The fraction of sp³-hybridized carbons (Fsp3) is 0.562. The standard InChI is InChI=1S/C16H21NO/c18-16-12-14-9-4-10-15(14)17(16)11-5-8-13-6-2-1-3-7-13/h1-3,6-7,14-15H,4-5,8-12H2/t14-,15-/m1/s1. The Kier molecular flexibility index (Phi) is 3.35. The summed E-state index contributed by atoms with van der Waals surface area (Å²) in [7, 11) is 0. The molecule has 1 heterocycles. The number of aryl methyl sites for hydroxylation is 1. The third kappa shape index (κ3) is 2.29. The molecule has 2 aliphatic rings. The van der Waals surface area contributed by atoms with Gasteiger partial charge < -0.3 is 4.90 Å². The molecule has 0 bridgehead atoms. The van der Waals surface area contributed by atoms with E-state index < -0.39 is 0 Å². The molecule has 1 aliphatic heterocycles. The van der Waals surface area contributed by atoms with E-state index in [0.29, 0.717) is 17.9 Å². The van der Waals surface area contributed by atoms with Gasteiger partial charge >= 0.3 is 0 Å². The van der Waals surface area contributed by atoms with Crippen LogP contribution < -0.4 is 0 Å². The van der Waals surface area contributed by atoms with E-state index in [4.69, 9.17) is 0 Å². The van der Waals surface area contributed by atoms with E-state index in [9.17, 15) is 4.79 Å². The van der Waals surface area contributed by atoms with Gasteiger partial charge in [-0.2, -0.15) is 0 Å². The maximum absolute atomic E-state index is 12.0. The lowest BCUT2D eigenvalue weighted by Gasteiger charge is -2.23. The molecule has 2 nitrogen and oxygen atoms in total. The Bertz CT molecular complexity index is 414. The first kappa shape index (κ1) is 11.8. The number of benzene rings is 1. The summed E-state index contributed by atoms with van der Waals surface area (Å²) in [5, 5.41) is 0. The van der Waals surface area contributed by atoms with Crippen molar-refractivity contribution in [2.24, 2.45) is 5.92 Å². The maximum Gasteiger partial charge on any atom is 0.223 e. The predicted molar refractivity (Wildman–Crippen MR) is 72.2 cm³/mol. The van der Waals surface area contributed by atoms with E-state index in [2.05, 4.69) is 35.2 Å². The van der Waals surface area contributed by atoms with Crippen molar-refractivity contribution < 1.29 is 4.79 Å². The van der Waals surface area contributed by atoms with E-state index >= 15 is 0 Å². The van der Waals surface area contributed by atoms with E-state index in [0.717, 1.165) is 25.8 Å². The highest BCUT2D eigenvalue weighted by molar-refractivity contribution is 5.79. The fourth-order valence-electron chi connectivity index (χ4n) is 3.58. The highest BCUT2D eigenvalue weighted by Gasteiger charge is 2.41. The van der Waals surface area contributed by atoms with Crippen molar-refractivity contribution >= 4 is 5.91 Å². The van der Waals surface area contributed by atoms with Crippen molar-refractivity contribution in [1.82, 2.24) is 4.90 Å². The van der Waals surface area contributed by atoms with Gasteiger partial charge in [-0.1, -0.05) is 36.8 Å². The molecule has 3 rings (SSSR count). The van der Waals surface area contributed by atoms with Crippen LogP contribution in [-0.4, -0.2) is 23.4 Å². The van der Waals surface area contributed by atoms with Crippen LogP contribution in [-0.2, 0) is 11.2 Å². The largest absolute Gasteiger partial charge is 0.339 e. The van der Waals surface area contributed by atoms with Crippen molar-refractivity contribution in [2.45, 2.75) is 44.6 Å². The van der Waals surface area contributed by atoms with Gasteiger partial charge in [0.15, 0.2) is 0 Å². The van der Waals surface area contributed by atoms with E-state index in [-0.39, 0.29) is 0 Å². The Morgan fingerprint density at radius 2 is 2.00 bits per heavy atom. The molecule has 0 unspecified atom stereocenters. The monoisotopic (exact) mass is 243 g/mol. The Hall–Kier alpha value is -1.31. The van der Waals surface area contributed by atoms with E-state index in [1.165, 1.54) is 24.8 Å². The Morgan fingerprint density at radius 3 is 2.83 bits per heavy atom. The van der Waals surface area contributed by atoms with Gasteiger partial charge in [0, 0.05) is 19.0 Å². The Morgan fingerprint density at radius 1 is 1.17 bits per heavy atom. The summed E-state index contributed by atoms with van der Waals surface area (Å²) in [6.45, 7) is 0.953. The van der Waals surface area contributed by atoms with Crippen molar-refractivity contribution in [3.05, 3.63) is 35.9 Å². The number of carbonyl (C=O) groups excluding carboxylic acids is 1. The van der Waals surface area contributed by atoms with Crippen LogP contribution in [0.3, 0.4) is 0 Å². The van der Waals surface area contributed by atoms with Gasteiger partial charge in [-0.15, -0.1) is 0 Å². The first-order valence-electron chi connectivity index (χ1n) is 7.18. The molecule has 96 valence electrons. The first-order chi connectivity index (χ1) is 8.84. The molecule has 2 atom stereocenters. The van der Waals surface area contributed by atoms with Crippen LogP contribution in [0.15, 0.2) is 30.3 Å². The lowest BCUT2D eigenvalue weighted by molar-refractivity contribution is -0.129. The normalized spacial score (nSPS) is 26.7. The van der Waals surface area contributed by atoms with E-state index in [1.54, 1.807) is 0 Å². The lowest BCUT2D eigenvalue weighted by atomic mass is 10.0. The van der Waals surface area contributed by atoms with Crippen LogP contribution in [0.2, 0.25) is 0 Å². The number of likely N-dealkylation sites (tertiary alicyclic amines) is 1. The number of carbonyl (C=O) groups is 1. The first-order valence-corrected chi connectivity index (χ1v) is 7.18. The van der Waals surface area contributed by atoms with Gasteiger partial charge in [0.25, 0.3) is 0 Å². The van der Waals surface area contributed by atoms with Gasteiger partial charge in [-0.05, 0) is 37.2 Å². The van der Waals surface area contributed by atoms with Crippen LogP contribution in [0.1, 0.15) is 37.7 Å². The quantitative estimate of drug-likeness (QED) is 0.796. The summed E-state index contributed by atoms with van der Waals surface area (Å²) in [4.78, 5) is 14.1. The average molecular weight is 243 g/mol. The summed E-state index contributed by atoms with van der Waals surface area (Å²) in [5.74, 6) is 1.08. The second-order valence-corrected chi connectivity index (χ2v) is 5.64. The van der Waals surface area contributed by atoms with Crippen molar-refractivity contribution in [3.63, 3.8) is 0 Å². The second kappa shape index (κ2) is 5.13. The number of rotatable bonds is 4. The van der Waals surface area contributed by atoms with Crippen LogP contribution in [0.4, 0.5) is 0 Å². The number of fused-ring (bicyclic) bond motifs is 1. The summed E-state index contributed by atoms with van der Waals surface area (Å²) < 4.78 is 0. The van der Waals surface area contributed by atoms with Gasteiger partial charge in [0.05, 0.1) is 0 Å². The smallest absolute Gasteiger partial charge is 0.223 e. The SMILES string of the molecule is O=C1C[C@H]2CCC[C@H]2N1CCCc1ccccc1. The van der Waals surface area contributed by atoms with Crippen LogP contribution in [0.5, 0.6) is 0 Å². The average Bonchev–Trinajstić information content (AvgIpc) is 2.93. The molecule has 1 aromatic carbocycles. The molecule has 1 amide bonds. The number of amides is 1. The maximum atomic E-state index is 12.0. The van der Waals surface area contributed by atoms with Crippen LogP contribution in [0.25, 0.3) is 0 Å². The number of hydrogen-bond donors (Lipinski definition) is 0. The zero-order chi connectivity index (χ0) is 12.4. The molecule has 1 aliphatic carbocycles. The Balaban J connectivity index is 1.52. The summed E-state index contributed by atoms with van der Waals surface area (Å²) in [6.07, 6.45) is 6.82. The van der Waals surface area contributed by atoms with Gasteiger partial charge in [-0.25, -0.2) is 0 Å². The predicted octanol–water partition coefficient (Wildman–Crippen LogP) is 3.02. The van der Waals surface area contributed by atoms with Crippen molar-refractivity contribution in [3.8, 4) is 0 Å². The van der Waals surface area contributed by atoms with Gasteiger partial charge in [-0.3, -0.25) is 4.79 Å². The highest BCUT2D eigenvalue weighted by Crippen LogP contribution is 2.38. The fourth-order valence-corrected chi connectivity index (χ4v) is 3.58. The van der Waals surface area contributed by atoms with Crippen LogP contribution >= 0.6 is 0 Å². The minimum atomic E-state index is 0.401. The number of nitrogens with zero attached hydrogens (tertiary/aromatic N) is 1. The Labute approximate surface area is 109 Å². The third-order valence-electron chi connectivity index (χ3n) is 4.48. The molecule has 0 spiro atoms. The molecule has 18 heavy (non-hydrogen) atoms. The molecule has 0 aromatic heterocycles. The van der Waals surface area contributed by atoms with Crippen molar-refractivity contribution in [1.29, 1.82) is 0 Å². The lowest BCUT2D eigenvalue weighted by Crippen LogP contribution is -2.34. The molecular formula is C16H21NO. The minimum absolute atomic E-state index is 0.401. The zero-order valence-electron chi connectivity index (χ0n) is 10.8. The summed E-state index contributed by atoms with van der Waals surface area (Å²) >= 11 is 0. The highest BCUT2D eigenvalue weighted by atomic mass is 16.2. The summed E-state index contributed by atoms with van der Waals surface area (Å²) in [6, 6.07) is 11.1. The minimum Gasteiger partial charge on any atom is -0.339 e.